The summed E-state index contributed by atoms with van der Waals surface area (Å²) >= 11 is 0. The molecule has 0 bridgehead atoms. The molecule has 0 aliphatic carbocycles. The molecule has 0 heterocycles. The van der Waals surface area contributed by atoms with Crippen molar-refractivity contribution >= 4 is 11.7 Å². The van der Waals surface area contributed by atoms with Crippen molar-refractivity contribution in [3.63, 3.8) is 0 Å². The summed E-state index contributed by atoms with van der Waals surface area (Å²) in [5.41, 5.74) is 0.117. The molecule has 0 spiro atoms. The lowest BCUT2D eigenvalue weighted by Gasteiger charge is -2.14. The van der Waals surface area contributed by atoms with Crippen LogP contribution in [0.15, 0.2) is 18.2 Å². The second-order valence-electron chi connectivity index (χ2n) is 3.71. The summed E-state index contributed by atoms with van der Waals surface area (Å²) in [7, 11) is 1.54. The van der Waals surface area contributed by atoms with Gasteiger partial charge < -0.3 is 4.84 Å². The van der Waals surface area contributed by atoms with Gasteiger partial charge in [-0.15, -0.1) is 5.06 Å². The molecule has 0 fully saturated rings. The number of nitro groups is 1. The fraction of sp³-hybridized carbons (Fsp3) is 0.364. The number of hydrogen-bond donors (Lipinski definition) is 0. The lowest BCUT2D eigenvalue weighted by Crippen LogP contribution is -2.24. The second kappa shape index (κ2) is 6.06. The van der Waals surface area contributed by atoms with Gasteiger partial charge >= 0.3 is 5.97 Å². The van der Waals surface area contributed by atoms with Crippen LogP contribution in [0.1, 0.15) is 12.5 Å². The summed E-state index contributed by atoms with van der Waals surface area (Å²) in [5, 5.41) is 12.0. The number of halogens is 1. The van der Waals surface area contributed by atoms with Crippen molar-refractivity contribution in [2.24, 2.45) is 0 Å². The van der Waals surface area contributed by atoms with E-state index in [1.54, 1.807) is 0 Å². The summed E-state index contributed by atoms with van der Waals surface area (Å²) in [6.07, 6.45) is 0.278. The first kappa shape index (κ1) is 14.0. The van der Waals surface area contributed by atoms with Crippen LogP contribution in [0.5, 0.6) is 0 Å². The van der Waals surface area contributed by atoms with E-state index in [1.807, 2.05) is 0 Å². The molecule has 7 heteroatoms. The molecule has 0 saturated heterocycles. The van der Waals surface area contributed by atoms with Gasteiger partial charge in [-0.2, -0.15) is 0 Å². The van der Waals surface area contributed by atoms with Crippen LogP contribution in [0.25, 0.3) is 0 Å². The zero-order chi connectivity index (χ0) is 13.7. The van der Waals surface area contributed by atoms with Gasteiger partial charge in [0.2, 0.25) is 0 Å². The Kier molecular flexibility index (Phi) is 4.73. The van der Waals surface area contributed by atoms with Crippen LogP contribution in [0.2, 0.25) is 0 Å². The molecule has 0 aromatic heterocycles. The van der Waals surface area contributed by atoms with Crippen LogP contribution < -0.4 is 0 Å². The molecule has 0 N–H and O–H groups in total. The van der Waals surface area contributed by atoms with Gasteiger partial charge in [0, 0.05) is 26.1 Å². The summed E-state index contributed by atoms with van der Waals surface area (Å²) in [6.45, 7) is 1.54. The highest BCUT2D eigenvalue weighted by molar-refractivity contribution is 5.65. The Labute approximate surface area is 103 Å². The van der Waals surface area contributed by atoms with Gasteiger partial charge in [0.25, 0.3) is 5.69 Å². The van der Waals surface area contributed by atoms with Crippen molar-refractivity contribution < 1.29 is 18.9 Å². The first-order valence-corrected chi connectivity index (χ1v) is 5.22. The van der Waals surface area contributed by atoms with Gasteiger partial charge in [-0.05, 0) is 18.6 Å². The highest BCUT2D eigenvalue weighted by Gasteiger charge is 2.15. The molecule has 1 rings (SSSR count). The first-order chi connectivity index (χ1) is 8.40. The van der Waals surface area contributed by atoms with Crippen molar-refractivity contribution in [1.82, 2.24) is 5.06 Å². The number of nitro benzene ring substituents is 1. The molecule has 0 atom stereocenters. The third kappa shape index (κ3) is 4.10. The molecule has 6 nitrogen and oxygen atoms in total. The van der Waals surface area contributed by atoms with E-state index in [4.69, 9.17) is 4.84 Å². The minimum atomic E-state index is -0.654. The van der Waals surface area contributed by atoms with Gasteiger partial charge in [0.1, 0.15) is 5.82 Å². The Morgan fingerprint density at radius 3 is 2.78 bits per heavy atom. The fourth-order valence-electron chi connectivity index (χ4n) is 1.46. The number of rotatable bonds is 5. The predicted octanol–water partition coefficient (Wildman–Crippen LogP) is 1.69. The normalized spacial score (nSPS) is 10.4. The Morgan fingerprint density at radius 2 is 2.22 bits per heavy atom. The monoisotopic (exact) mass is 256 g/mol. The molecule has 0 amide bonds. The Balaban J connectivity index is 2.72. The first-order valence-electron chi connectivity index (χ1n) is 5.22. The van der Waals surface area contributed by atoms with Gasteiger partial charge in [0.05, 0.1) is 11.0 Å². The van der Waals surface area contributed by atoms with Crippen molar-refractivity contribution in [2.45, 2.75) is 13.3 Å². The van der Waals surface area contributed by atoms with E-state index in [9.17, 15) is 19.3 Å². The van der Waals surface area contributed by atoms with Crippen LogP contribution in [-0.2, 0) is 16.1 Å². The van der Waals surface area contributed by atoms with Crippen LogP contribution in [0.3, 0.4) is 0 Å². The third-order valence-corrected chi connectivity index (χ3v) is 2.22. The van der Waals surface area contributed by atoms with Crippen molar-refractivity contribution in [2.75, 3.05) is 13.6 Å². The number of nitrogens with zero attached hydrogens (tertiary/aromatic N) is 2. The van der Waals surface area contributed by atoms with Gasteiger partial charge in [0.15, 0.2) is 0 Å². The Hall–Kier alpha value is -2.02. The smallest absolute Gasteiger partial charge is 0.322 e. The molecular weight excluding hydrogens is 243 g/mol. The molecule has 0 aliphatic heterocycles. The van der Waals surface area contributed by atoms with E-state index >= 15 is 0 Å². The molecule has 0 unspecified atom stereocenters. The zero-order valence-electron chi connectivity index (χ0n) is 10.1. The maximum absolute atomic E-state index is 12.9. The Morgan fingerprint density at radius 1 is 1.56 bits per heavy atom. The van der Waals surface area contributed by atoms with Crippen LogP contribution in [0.4, 0.5) is 10.1 Å². The second-order valence-corrected chi connectivity index (χ2v) is 3.71. The van der Waals surface area contributed by atoms with Gasteiger partial charge in [-0.3, -0.25) is 14.9 Å². The van der Waals surface area contributed by atoms with Crippen LogP contribution >= 0.6 is 0 Å². The van der Waals surface area contributed by atoms with E-state index in [0.717, 1.165) is 12.1 Å². The van der Waals surface area contributed by atoms with Crippen LogP contribution in [0, 0.1) is 15.9 Å². The quantitative estimate of drug-likeness (QED) is 0.592. The van der Waals surface area contributed by atoms with E-state index < -0.39 is 16.7 Å². The number of carbonyl (C=O) groups is 1. The average molecular weight is 256 g/mol. The van der Waals surface area contributed by atoms with Crippen molar-refractivity contribution in [1.29, 1.82) is 0 Å². The SMILES string of the molecule is CC(=O)ON(C)CCc1ccc(F)cc1[N+](=O)[O-]. The highest BCUT2D eigenvalue weighted by atomic mass is 19.1. The molecule has 1 aromatic rings. The standard InChI is InChI=1S/C11H13FN2O4/c1-8(15)18-13(2)6-5-9-3-4-10(12)7-11(9)14(16)17/h3-4,7H,5-6H2,1-2H3. The van der Waals surface area contributed by atoms with Crippen molar-refractivity contribution in [3.05, 3.63) is 39.7 Å². The summed E-state index contributed by atoms with van der Waals surface area (Å²) < 4.78 is 12.9. The molecule has 18 heavy (non-hydrogen) atoms. The maximum Gasteiger partial charge on any atom is 0.322 e. The number of carbonyl (C=O) groups excluding carboxylic acids is 1. The number of benzene rings is 1. The lowest BCUT2D eigenvalue weighted by atomic mass is 10.1. The minimum Gasteiger partial charge on any atom is -0.369 e. The highest BCUT2D eigenvalue weighted by Crippen LogP contribution is 2.20. The van der Waals surface area contributed by atoms with Gasteiger partial charge in [-0.1, -0.05) is 0 Å². The lowest BCUT2D eigenvalue weighted by molar-refractivity contribution is -0.385. The summed E-state index contributed by atoms with van der Waals surface area (Å²) in [4.78, 5) is 25.5. The van der Waals surface area contributed by atoms with E-state index in [-0.39, 0.29) is 18.7 Å². The van der Waals surface area contributed by atoms with E-state index in [2.05, 4.69) is 0 Å². The maximum atomic E-state index is 12.9. The number of hydrogen-bond acceptors (Lipinski definition) is 5. The molecule has 0 radical (unpaired) electrons. The molecule has 0 aliphatic rings. The average Bonchev–Trinajstić information content (AvgIpc) is 2.26. The summed E-state index contributed by atoms with van der Waals surface area (Å²) in [6, 6.07) is 3.39. The number of hydroxylamine groups is 2. The fourth-order valence-corrected chi connectivity index (χ4v) is 1.46. The third-order valence-electron chi connectivity index (χ3n) is 2.22. The molecule has 98 valence electrons. The minimum absolute atomic E-state index is 0.272. The van der Waals surface area contributed by atoms with E-state index in [0.29, 0.717) is 5.56 Å². The number of likely N-dealkylation sites (N-methyl/N-ethyl adjacent to an activating group) is 1. The molecule has 1 aromatic carbocycles. The molecule has 0 saturated carbocycles. The topological polar surface area (TPSA) is 72.7 Å². The largest absolute Gasteiger partial charge is 0.369 e. The summed E-state index contributed by atoms with van der Waals surface area (Å²) in [5.74, 6) is -1.12. The predicted molar refractivity (Wildman–Crippen MR) is 61.2 cm³/mol. The molecular formula is C11H13FN2O4. The Bertz CT molecular complexity index is 464. The van der Waals surface area contributed by atoms with Crippen LogP contribution in [-0.4, -0.2) is 29.5 Å². The zero-order valence-corrected chi connectivity index (χ0v) is 10.1. The van der Waals surface area contributed by atoms with Gasteiger partial charge in [-0.25, -0.2) is 4.39 Å². The van der Waals surface area contributed by atoms with E-state index in [1.165, 1.54) is 25.1 Å². The van der Waals surface area contributed by atoms with Crippen molar-refractivity contribution in [3.8, 4) is 0 Å².